The van der Waals surface area contributed by atoms with Gasteiger partial charge in [-0.1, -0.05) is 0 Å². The number of likely N-dealkylation sites (N-methyl/N-ethyl adjacent to an activating group) is 1. The minimum absolute atomic E-state index is 0.00198. The van der Waals surface area contributed by atoms with Gasteiger partial charge in [0.05, 0.1) is 5.92 Å². The van der Waals surface area contributed by atoms with Crippen LogP contribution in [0.4, 0.5) is 4.39 Å². The van der Waals surface area contributed by atoms with Crippen molar-refractivity contribution in [3.8, 4) is 0 Å². The number of carbonyl (C=O) groups is 2. The molecule has 3 atom stereocenters. The summed E-state index contributed by atoms with van der Waals surface area (Å²) in [5.74, 6) is -0.328. The highest BCUT2D eigenvalue weighted by Crippen LogP contribution is 2.24. The number of hydrogen-bond donors (Lipinski definition) is 0. The Hall–Kier alpha value is -2.09. The second kappa shape index (κ2) is 7.43. The number of carbonyl (C=O) groups excluding carboxylic acids is 2. The normalized spacial score (nSPS) is 27.1. The Bertz CT molecular complexity index is 629. The van der Waals surface area contributed by atoms with Gasteiger partial charge >= 0.3 is 0 Å². The summed E-state index contributed by atoms with van der Waals surface area (Å²) in [7, 11) is 3.45. The van der Waals surface area contributed by atoms with Crippen LogP contribution < -0.4 is 0 Å². The van der Waals surface area contributed by atoms with Crippen LogP contribution in [0.3, 0.4) is 0 Å². The maximum atomic E-state index is 14.0. The number of nitrogens with zero attached hydrogens (tertiary/aromatic N) is 5. The van der Waals surface area contributed by atoms with Crippen LogP contribution in [0.15, 0.2) is 18.7 Å². The zero-order chi connectivity index (χ0) is 18.0. The van der Waals surface area contributed by atoms with Gasteiger partial charge in [-0.25, -0.2) is 14.4 Å². The molecule has 3 rings (SSSR count). The average molecular weight is 349 g/mol. The van der Waals surface area contributed by atoms with Crippen LogP contribution in [-0.4, -0.2) is 82.4 Å². The lowest BCUT2D eigenvalue weighted by molar-refractivity contribution is -0.135. The highest BCUT2D eigenvalue weighted by atomic mass is 19.1. The number of hydrogen-bond acceptors (Lipinski definition) is 5. The van der Waals surface area contributed by atoms with Gasteiger partial charge in [0.15, 0.2) is 0 Å². The summed E-state index contributed by atoms with van der Waals surface area (Å²) in [5.41, 5.74) is 0.929. The molecule has 25 heavy (non-hydrogen) atoms. The van der Waals surface area contributed by atoms with E-state index in [4.69, 9.17) is 0 Å². The predicted octanol–water partition coefficient (Wildman–Crippen LogP) is 0.326. The topological polar surface area (TPSA) is 69.6 Å². The van der Waals surface area contributed by atoms with E-state index in [9.17, 15) is 14.0 Å². The number of amides is 2. The summed E-state index contributed by atoms with van der Waals surface area (Å²) >= 11 is 0. The first-order valence-electron chi connectivity index (χ1n) is 8.55. The molecule has 1 aromatic rings. The molecule has 0 aromatic carbocycles. The van der Waals surface area contributed by atoms with Gasteiger partial charge in [-0.2, -0.15) is 0 Å². The van der Waals surface area contributed by atoms with Gasteiger partial charge in [0.25, 0.3) is 0 Å². The molecule has 2 saturated heterocycles. The van der Waals surface area contributed by atoms with Gasteiger partial charge in [0.2, 0.25) is 11.8 Å². The third kappa shape index (κ3) is 4.12. The fourth-order valence-corrected chi connectivity index (χ4v) is 3.70. The molecule has 2 aliphatic heterocycles. The fraction of sp³-hybridized carbons (Fsp3) is 0.647. The Morgan fingerprint density at radius 3 is 2.72 bits per heavy atom. The zero-order valence-electron chi connectivity index (χ0n) is 14.6. The van der Waals surface area contributed by atoms with Crippen molar-refractivity contribution in [3.63, 3.8) is 0 Å². The maximum Gasteiger partial charge on any atom is 0.227 e. The minimum atomic E-state index is -0.891. The van der Waals surface area contributed by atoms with E-state index in [1.807, 2.05) is 4.90 Å². The first kappa shape index (κ1) is 17.7. The second-order valence-electron chi connectivity index (χ2n) is 7.06. The predicted molar refractivity (Wildman–Crippen MR) is 89.1 cm³/mol. The van der Waals surface area contributed by atoms with Gasteiger partial charge in [0.1, 0.15) is 12.5 Å². The summed E-state index contributed by atoms with van der Waals surface area (Å²) in [6, 6.07) is -0.0426. The van der Waals surface area contributed by atoms with E-state index in [-0.39, 0.29) is 30.2 Å². The largest absolute Gasteiger partial charge is 0.345 e. The van der Waals surface area contributed by atoms with Crippen LogP contribution in [-0.2, 0) is 16.1 Å². The van der Waals surface area contributed by atoms with Crippen LogP contribution in [0.25, 0.3) is 0 Å². The Kier molecular flexibility index (Phi) is 5.27. The molecule has 0 spiro atoms. The molecule has 2 aliphatic rings. The minimum Gasteiger partial charge on any atom is -0.345 e. The molecule has 2 fully saturated rings. The molecule has 136 valence electrons. The first-order valence-corrected chi connectivity index (χ1v) is 8.55. The molecule has 0 saturated carbocycles. The monoisotopic (exact) mass is 349 g/mol. The van der Waals surface area contributed by atoms with Crippen molar-refractivity contribution in [3.05, 3.63) is 24.3 Å². The Morgan fingerprint density at radius 1 is 1.36 bits per heavy atom. The maximum absolute atomic E-state index is 14.0. The molecule has 1 aromatic heterocycles. The summed E-state index contributed by atoms with van der Waals surface area (Å²) in [6.45, 7) is 1.84. The molecule has 7 nitrogen and oxygen atoms in total. The molecule has 0 radical (unpaired) electrons. The lowest BCUT2D eigenvalue weighted by atomic mass is 10.1. The van der Waals surface area contributed by atoms with Crippen LogP contribution in [0.1, 0.15) is 18.4 Å². The molecule has 8 heteroatoms. The molecule has 0 N–H and O–H groups in total. The van der Waals surface area contributed by atoms with Crippen molar-refractivity contribution in [1.29, 1.82) is 0 Å². The van der Waals surface area contributed by atoms with Gasteiger partial charge in [0, 0.05) is 70.7 Å². The molecule has 0 aliphatic carbocycles. The van der Waals surface area contributed by atoms with Gasteiger partial charge in [-0.3, -0.25) is 14.5 Å². The van der Waals surface area contributed by atoms with Crippen molar-refractivity contribution in [1.82, 2.24) is 24.7 Å². The van der Waals surface area contributed by atoms with E-state index in [0.29, 0.717) is 32.6 Å². The summed E-state index contributed by atoms with van der Waals surface area (Å²) in [4.78, 5) is 37.5. The Morgan fingerprint density at radius 2 is 2.08 bits per heavy atom. The summed E-state index contributed by atoms with van der Waals surface area (Å²) in [6.07, 6.45) is 4.71. The molecular formula is C17H24FN5O2. The number of likely N-dealkylation sites (tertiary alicyclic amines) is 2. The first-order chi connectivity index (χ1) is 11.9. The van der Waals surface area contributed by atoms with Crippen LogP contribution >= 0.6 is 0 Å². The standard InChI is InChI=1S/C17H24FN5O2/c1-21-8-13(3-16(21)24)17(25)22(2)10-15-4-14(18)9-23(15)7-12-5-19-11-20-6-12/h5-6,11,13-15H,3-4,7-10H2,1-2H3/t13-,14+,15+/m1/s1. The number of rotatable bonds is 5. The lowest BCUT2D eigenvalue weighted by Crippen LogP contribution is -2.43. The summed E-state index contributed by atoms with van der Waals surface area (Å²) in [5, 5.41) is 0. The highest BCUT2D eigenvalue weighted by molar-refractivity contribution is 5.89. The molecule has 0 unspecified atom stereocenters. The van der Waals surface area contributed by atoms with Gasteiger partial charge in [-0.05, 0) is 6.42 Å². The van der Waals surface area contributed by atoms with Crippen molar-refractivity contribution in [2.75, 3.05) is 33.7 Å². The van der Waals surface area contributed by atoms with Crippen molar-refractivity contribution >= 4 is 11.8 Å². The van der Waals surface area contributed by atoms with E-state index in [2.05, 4.69) is 9.97 Å². The molecule has 2 amide bonds. The smallest absolute Gasteiger partial charge is 0.227 e. The number of alkyl halides is 1. The SMILES string of the molecule is CN1C[C@H](C(=O)N(C)C[C@@H]2C[C@H](F)CN2Cc2cncnc2)CC1=O. The van der Waals surface area contributed by atoms with Crippen molar-refractivity contribution in [2.24, 2.45) is 5.92 Å². The Balaban J connectivity index is 1.59. The van der Waals surface area contributed by atoms with Gasteiger partial charge < -0.3 is 9.80 Å². The highest BCUT2D eigenvalue weighted by Gasteiger charge is 2.37. The van der Waals surface area contributed by atoms with Crippen LogP contribution in [0, 0.1) is 5.92 Å². The average Bonchev–Trinajstić information content (AvgIpc) is 3.10. The van der Waals surface area contributed by atoms with Crippen LogP contribution in [0.2, 0.25) is 0 Å². The Labute approximate surface area is 146 Å². The van der Waals surface area contributed by atoms with Crippen molar-refractivity contribution in [2.45, 2.75) is 31.6 Å². The lowest BCUT2D eigenvalue weighted by Gasteiger charge is -2.29. The van der Waals surface area contributed by atoms with E-state index in [1.54, 1.807) is 36.3 Å². The van der Waals surface area contributed by atoms with E-state index in [1.165, 1.54) is 6.33 Å². The summed E-state index contributed by atoms with van der Waals surface area (Å²) < 4.78 is 14.0. The van der Waals surface area contributed by atoms with Crippen molar-refractivity contribution < 1.29 is 14.0 Å². The van der Waals surface area contributed by atoms with Crippen LogP contribution in [0.5, 0.6) is 0 Å². The van der Waals surface area contributed by atoms with E-state index in [0.717, 1.165) is 5.56 Å². The van der Waals surface area contributed by atoms with E-state index >= 15 is 0 Å². The third-order valence-corrected chi connectivity index (χ3v) is 5.03. The third-order valence-electron chi connectivity index (χ3n) is 5.03. The van der Waals surface area contributed by atoms with E-state index < -0.39 is 6.17 Å². The number of aromatic nitrogens is 2. The molecule has 0 bridgehead atoms. The number of halogens is 1. The molecular weight excluding hydrogens is 325 g/mol. The fourth-order valence-electron chi connectivity index (χ4n) is 3.70. The zero-order valence-corrected chi connectivity index (χ0v) is 14.6. The quantitative estimate of drug-likeness (QED) is 0.766. The molecule has 3 heterocycles. The van der Waals surface area contributed by atoms with Gasteiger partial charge in [-0.15, -0.1) is 0 Å². The second-order valence-corrected chi connectivity index (χ2v) is 7.06.